The van der Waals surface area contributed by atoms with E-state index in [2.05, 4.69) is 15.3 Å². The number of hydrogen-bond donors (Lipinski definition) is 1. The second-order valence-corrected chi connectivity index (χ2v) is 4.57. The second kappa shape index (κ2) is 4.38. The van der Waals surface area contributed by atoms with E-state index in [1.165, 1.54) is 0 Å². The number of anilines is 1. The van der Waals surface area contributed by atoms with Gasteiger partial charge in [0.25, 0.3) is 0 Å². The number of hydrogen-bond acceptors (Lipinski definition) is 4. The molecule has 0 bridgehead atoms. The van der Waals surface area contributed by atoms with Gasteiger partial charge in [-0.15, -0.1) is 0 Å². The number of alkyl halides is 3. The third-order valence-electron chi connectivity index (χ3n) is 3.23. The van der Waals surface area contributed by atoms with Crippen molar-refractivity contribution in [2.24, 2.45) is 0 Å². The first-order chi connectivity index (χ1) is 8.31. The summed E-state index contributed by atoms with van der Waals surface area (Å²) >= 11 is 0. The minimum atomic E-state index is -4.46. The zero-order valence-corrected chi connectivity index (χ0v) is 10.1. The fraction of sp³-hybridized carbons (Fsp3) is 0.636. The van der Waals surface area contributed by atoms with Crippen molar-refractivity contribution in [1.29, 1.82) is 0 Å². The van der Waals surface area contributed by atoms with Crippen LogP contribution in [-0.2, 0) is 10.9 Å². The van der Waals surface area contributed by atoms with Gasteiger partial charge in [0.15, 0.2) is 0 Å². The molecule has 4 nitrogen and oxygen atoms in total. The SMILES string of the molecule is CC1OCCC1(C)Nc1nccc(C(F)(F)F)n1. The van der Waals surface area contributed by atoms with Gasteiger partial charge in [-0.3, -0.25) is 0 Å². The first-order valence-corrected chi connectivity index (χ1v) is 5.61. The van der Waals surface area contributed by atoms with E-state index in [-0.39, 0.29) is 12.1 Å². The molecule has 1 saturated heterocycles. The molecule has 7 heteroatoms. The first kappa shape index (κ1) is 13.1. The van der Waals surface area contributed by atoms with Crippen LogP contribution < -0.4 is 5.32 Å². The lowest BCUT2D eigenvalue weighted by atomic mass is 9.95. The molecule has 100 valence electrons. The van der Waals surface area contributed by atoms with Crippen LogP contribution in [0, 0.1) is 0 Å². The monoisotopic (exact) mass is 261 g/mol. The molecule has 0 aliphatic carbocycles. The predicted octanol–water partition coefficient (Wildman–Crippen LogP) is 2.47. The van der Waals surface area contributed by atoms with E-state index in [0.717, 1.165) is 12.3 Å². The molecular weight excluding hydrogens is 247 g/mol. The summed E-state index contributed by atoms with van der Waals surface area (Å²) in [5.41, 5.74) is -1.39. The molecule has 1 aliphatic rings. The van der Waals surface area contributed by atoms with Crippen molar-refractivity contribution >= 4 is 5.95 Å². The Hall–Kier alpha value is -1.37. The Morgan fingerprint density at radius 3 is 2.78 bits per heavy atom. The summed E-state index contributed by atoms with van der Waals surface area (Å²) < 4.78 is 42.9. The van der Waals surface area contributed by atoms with Gasteiger partial charge in [-0.05, 0) is 26.3 Å². The quantitative estimate of drug-likeness (QED) is 0.888. The highest BCUT2D eigenvalue weighted by atomic mass is 19.4. The van der Waals surface area contributed by atoms with Crippen molar-refractivity contribution in [3.63, 3.8) is 0 Å². The summed E-state index contributed by atoms with van der Waals surface area (Å²) in [5.74, 6) is -0.0234. The van der Waals surface area contributed by atoms with E-state index in [1.807, 2.05) is 13.8 Å². The topological polar surface area (TPSA) is 47.0 Å². The maximum absolute atomic E-state index is 12.5. The van der Waals surface area contributed by atoms with Crippen LogP contribution >= 0.6 is 0 Å². The number of nitrogens with one attached hydrogen (secondary N) is 1. The molecule has 2 rings (SSSR count). The summed E-state index contributed by atoms with van der Waals surface area (Å²) in [6.07, 6.45) is -2.76. The zero-order valence-electron chi connectivity index (χ0n) is 10.1. The summed E-state index contributed by atoms with van der Waals surface area (Å²) in [7, 11) is 0. The zero-order chi connectivity index (χ0) is 13.4. The fourth-order valence-electron chi connectivity index (χ4n) is 1.83. The van der Waals surface area contributed by atoms with Gasteiger partial charge in [-0.1, -0.05) is 0 Å². The Kier molecular flexibility index (Phi) is 3.18. The highest BCUT2D eigenvalue weighted by Crippen LogP contribution is 2.30. The summed E-state index contributed by atoms with van der Waals surface area (Å²) in [5, 5.41) is 2.93. The lowest BCUT2D eigenvalue weighted by Gasteiger charge is -2.28. The van der Waals surface area contributed by atoms with Crippen LogP contribution in [0.15, 0.2) is 12.3 Å². The molecule has 0 spiro atoms. The van der Waals surface area contributed by atoms with E-state index in [4.69, 9.17) is 4.74 Å². The van der Waals surface area contributed by atoms with Crippen LogP contribution in [0.1, 0.15) is 26.0 Å². The summed E-state index contributed by atoms with van der Waals surface area (Å²) in [6.45, 7) is 4.32. The third-order valence-corrected chi connectivity index (χ3v) is 3.23. The molecule has 0 aromatic carbocycles. The standard InChI is InChI=1S/C11H14F3N3O/c1-7-10(2,4-6-18-7)17-9-15-5-3-8(16-9)11(12,13)14/h3,5,7H,4,6H2,1-2H3,(H,15,16,17). The lowest BCUT2D eigenvalue weighted by molar-refractivity contribution is -0.141. The van der Waals surface area contributed by atoms with Crippen LogP contribution in [0.4, 0.5) is 19.1 Å². The molecule has 2 unspecified atom stereocenters. The number of aromatic nitrogens is 2. The molecule has 0 radical (unpaired) electrons. The van der Waals surface area contributed by atoms with Crippen molar-refractivity contribution in [3.05, 3.63) is 18.0 Å². The summed E-state index contributed by atoms with van der Waals surface area (Å²) in [6, 6.07) is 0.849. The molecular formula is C11H14F3N3O. The number of nitrogens with zero attached hydrogens (tertiary/aromatic N) is 2. The Morgan fingerprint density at radius 2 is 2.22 bits per heavy atom. The number of rotatable bonds is 2. The largest absolute Gasteiger partial charge is 0.433 e. The van der Waals surface area contributed by atoms with Gasteiger partial charge in [0, 0.05) is 12.8 Å². The first-order valence-electron chi connectivity index (χ1n) is 5.61. The van der Waals surface area contributed by atoms with E-state index in [0.29, 0.717) is 13.0 Å². The van der Waals surface area contributed by atoms with Crippen LogP contribution in [-0.4, -0.2) is 28.2 Å². The lowest BCUT2D eigenvalue weighted by Crippen LogP contribution is -2.41. The normalized spacial score (nSPS) is 28.4. The van der Waals surface area contributed by atoms with Crippen LogP contribution in [0.25, 0.3) is 0 Å². The van der Waals surface area contributed by atoms with Crippen LogP contribution in [0.5, 0.6) is 0 Å². The molecule has 2 heterocycles. The van der Waals surface area contributed by atoms with Crippen molar-refractivity contribution < 1.29 is 17.9 Å². The van der Waals surface area contributed by atoms with E-state index in [9.17, 15) is 13.2 Å². The molecule has 18 heavy (non-hydrogen) atoms. The van der Waals surface area contributed by atoms with Crippen molar-refractivity contribution in [1.82, 2.24) is 9.97 Å². The van der Waals surface area contributed by atoms with Gasteiger partial charge < -0.3 is 10.1 Å². The summed E-state index contributed by atoms with van der Waals surface area (Å²) in [4.78, 5) is 7.30. The number of ether oxygens (including phenoxy) is 1. The molecule has 2 atom stereocenters. The van der Waals surface area contributed by atoms with Crippen LogP contribution in [0.2, 0.25) is 0 Å². The molecule has 1 fully saturated rings. The van der Waals surface area contributed by atoms with Gasteiger partial charge in [0.2, 0.25) is 5.95 Å². The minimum absolute atomic E-state index is 0.0234. The van der Waals surface area contributed by atoms with Gasteiger partial charge in [-0.25, -0.2) is 9.97 Å². The van der Waals surface area contributed by atoms with Gasteiger partial charge in [-0.2, -0.15) is 13.2 Å². The maximum Gasteiger partial charge on any atom is 0.433 e. The van der Waals surface area contributed by atoms with Gasteiger partial charge >= 0.3 is 6.18 Å². The molecule has 1 aromatic heterocycles. The Morgan fingerprint density at radius 1 is 1.50 bits per heavy atom. The highest BCUT2D eigenvalue weighted by Gasteiger charge is 2.38. The molecule has 0 amide bonds. The Balaban J connectivity index is 2.20. The van der Waals surface area contributed by atoms with E-state index < -0.39 is 17.4 Å². The number of halogens is 3. The van der Waals surface area contributed by atoms with Crippen molar-refractivity contribution in [2.45, 2.75) is 38.1 Å². The average Bonchev–Trinajstić information content (AvgIpc) is 2.58. The van der Waals surface area contributed by atoms with Crippen LogP contribution in [0.3, 0.4) is 0 Å². The van der Waals surface area contributed by atoms with Gasteiger partial charge in [0.05, 0.1) is 11.6 Å². The third kappa shape index (κ3) is 2.55. The highest BCUT2D eigenvalue weighted by molar-refractivity contribution is 5.31. The van der Waals surface area contributed by atoms with Gasteiger partial charge in [0.1, 0.15) is 5.69 Å². The molecule has 1 aromatic rings. The van der Waals surface area contributed by atoms with E-state index >= 15 is 0 Å². The smallest absolute Gasteiger partial charge is 0.376 e. The maximum atomic E-state index is 12.5. The average molecular weight is 261 g/mol. The van der Waals surface area contributed by atoms with Crippen molar-refractivity contribution in [3.8, 4) is 0 Å². The Labute approximate surface area is 103 Å². The fourth-order valence-corrected chi connectivity index (χ4v) is 1.83. The molecule has 1 aliphatic heterocycles. The van der Waals surface area contributed by atoms with E-state index in [1.54, 1.807) is 0 Å². The second-order valence-electron chi connectivity index (χ2n) is 4.57. The molecule has 1 N–H and O–H groups in total. The predicted molar refractivity (Wildman–Crippen MR) is 59.1 cm³/mol. The van der Waals surface area contributed by atoms with Crippen molar-refractivity contribution in [2.75, 3.05) is 11.9 Å². The minimum Gasteiger partial charge on any atom is -0.376 e. The molecule has 0 saturated carbocycles. The Bertz CT molecular complexity index is 438.